The third kappa shape index (κ3) is 2.39. The average molecular weight is 305 g/mol. The summed E-state index contributed by atoms with van der Waals surface area (Å²) in [6.45, 7) is 8.77. The van der Waals surface area contributed by atoms with Crippen LogP contribution in [0.25, 0.3) is 0 Å². The van der Waals surface area contributed by atoms with Crippen molar-refractivity contribution in [1.29, 1.82) is 0 Å². The highest BCUT2D eigenvalue weighted by atomic mass is 16.2. The monoisotopic (exact) mass is 305 g/mol. The number of hydrogen-bond donors (Lipinski definition) is 0. The summed E-state index contributed by atoms with van der Waals surface area (Å²) >= 11 is 0. The van der Waals surface area contributed by atoms with Crippen LogP contribution in [0.5, 0.6) is 0 Å². The molecule has 0 unspecified atom stereocenters. The van der Waals surface area contributed by atoms with Gasteiger partial charge >= 0.3 is 0 Å². The molecule has 118 valence electrons. The van der Waals surface area contributed by atoms with Crippen molar-refractivity contribution < 1.29 is 4.79 Å². The summed E-state index contributed by atoms with van der Waals surface area (Å²) in [6.07, 6.45) is 2.55. The van der Waals surface area contributed by atoms with Crippen LogP contribution >= 0.6 is 0 Å². The largest absolute Gasteiger partial charge is 0.307 e. The smallest absolute Gasteiger partial charge is 0.238 e. The standard InChI is InChI=1S/C21H23NO/c1-4-14-21(16(2)3)18-12-8-9-13-19(18)22(20(21)23)15-17-10-6-5-7-11-17/h4-13,16H,1,14-15H2,2-3H3/t21-/m1/s1. The zero-order chi connectivity index (χ0) is 16.4. The van der Waals surface area contributed by atoms with Crippen LogP contribution in [0.3, 0.4) is 0 Å². The molecule has 1 atom stereocenters. The third-order valence-corrected chi connectivity index (χ3v) is 4.94. The van der Waals surface area contributed by atoms with Gasteiger partial charge in [-0.05, 0) is 29.5 Å². The first-order chi connectivity index (χ1) is 11.1. The number of amides is 1. The number of nitrogens with zero attached hydrogens (tertiary/aromatic N) is 1. The molecule has 0 aliphatic carbocycles. The maximum absolute atomic E-state index is 13.4. The molecule has 0 fully saturated rings. The van der Waals surface area contributed by atoms with Crippen LogP contribution in [0.15, 0.2) is 67.3 Å². The minimum Gasteiger partial charge on any atom is -0.307 e. The Morgan fingerprint density at radius 1 is 1.09 bits per heavy atom. The highest BCUT2D eigenvalue weighted by Gasteiger charge is 2.51. The first kappa shape index (κ1) is 15.5. The van der Waals surface area contributed by atoms with Gasteiger partial charge in [0.1, 0.15) is 0 Å². The Bertz CT molecular complexity index is 720. The fourth-order valence-electron chi connectivity index (χ4n) is 3.69. The molecule has 1 aliphatic rings. The van der Waals surface area contributed by atoms with Crippen LogP contribution < -0.4 is 4.90 Å². The minimum absolute atomic E-state index is 0.192. The average Bonchev–Trinajstić information content (AvgIpc) is 2.80. The van der Waals surface area contributed by atoms with E-state index in [4.69, 9.17) is 0 Å². The van der Waals surface area contributed by atoms with Crippen molar-refractivity contribution >= 4 is 11.6 Å². The van der Waals surface area contributed by atoms with Gasteiger partial charge in [-0.1, -0.05) is 68.5 Å². The van der Waals surface area contributed by atoms with Gasteiger partial charge in [-0.15, -0.1) is 6.58 Å². The summed E-state index contributed by atoms with van der Waals surface area (Å²) in [5.41, 5.74) is 2.83. The highest BCUT2D eigenvalue weighted by Crippen LogP contribution is 2.49. The summed E-state index contributed by atoms with van der Waals surface area (Å²) in [5, 5.41) is 0. The van der Waals surface area contributed by atoms with Gasteiger partial charge in [-0.2, -0.15) is 0 Å². The molecule has 2 aromatic carbocycles. The van der Waals surface area contributed by atoms with Gasteiger partial charge < -0.3 is 4.90 Å². The second kappa shape index (κ2) is 6.04. The fourth-order valence-corrected chi connectivity index (χ4v) is 3.69. The number of benzene rings is 2. The lowest BCUT2D eigenvalue weighted by Crippen LogP contribution is -2.43. The van der Waals surface area contributed by atoms with Crippen molar-refractivity contribution in [3.05, 3.63) is 78.4 Å². The van der Waals surface area contributed by atoms with E-state index in [1.807, 2.05) is 41.3 Å². The zero-order valence-electron chi connectivity index (χ0n) is 13.8. The highest BCUT2D eigenvalue weighted by molar-refractivity contribution is 6.08. The molecule has 0 N–H and O–H groups in total. The van der Waals surface area contributed by atoms with Gasteiger partial charge in [-0.25, -0.2) is 0 Å². The van der Waals surface area contributed by atoms with Crippen LogP contribution in [0.4, 0.5) is 5.69 Å². The molecule has 2 heteroatoms. The Balaban J connectivity index is 2.10. The molecular weight excluding hydrogens is 282 g/mol. The van der Waals surface area contributed by atoms with Gasteiger partial charge in [0.05, 0.1) is 12.0 Å². The lowest BCUT2D eigenvalue weighted by molar-refractivity contribution is -0.124. The number of allylic oxidation sites excluding steroid dienone is 1. The number of hydrogen-bond acceptors (Lipinski definition) is 1. The first-order valence-electron chi connectivity index (χ1n) is 8.17. The number of fused-ring (bicyclic) bond motifs is 1. The fraction of sp³-hybridized carbons (Fsp3) is 0.286. The SMILES string of the molecule is C=CC[C@]1(C(C)C)C(=O)N(Cc2ccccc2)c2ccccc21. The van der Waals surface area contributed by atoms with Gasteiger partial charge in [0, 0.05) is 5.69 Å². The second-order valence-electron chi connectivity index (χ2n) is 6.51. The van der Waals surface area contributed by atoms with E-state index in [0.29, 0.717) is 13.0 Å². The molecule has 0 saturated heterocycles. The minimum atomic E-state index is -0.493. The van der Waals surface area contributed by atoms with Gasteiger partial charge in [0.25, 0.3) is 0 Å². The zero-order valence-corrected chi connectivity index (χ0v) is 13.8. The van der Waals surface area contributed by atoms with Crippen molar-refractivity contribution in [2.75, 3.05) is 4.90 Å². The first-order valence-corrected chi connectivity index (χ1v) is 8.17. The summed E-state index contributed by atoms with van der Waals surface area (Å²) < 4.78 is 0. The van der Waals surface area contributed by atoms with Crippen LogP contribution in [0.2, 0.25) is 0 Å². The number of rotatable bonds is 5. The number of carbonyl (C=O) groups is 1. The van der Waals surface area contributed by atoms with E-state index in [-0.39, 0.29) is 11.8 Å². The molecular formula is C21H23NO. The van der Waals surface area contributed by atoms with E-state index in [1.54, 1.807) is 0 Å². The summed E-state index contributed by atoms with van der Waals surface area (Å²) in [7, 11) is 0. The van der Waals surface area contributed by atoms with Gasteiger partial charge in [0.2, 0.25) is 5.91 Å². The molecule has 0 saturated carbocycles. The Morgan fingerprint density at radius 3 is 2.39 bits per heavy atom. The lowest BCUT2D eigenvalue weighted by Gasteiger charge is -2.32. The van der Waals surface area contributed by atoms with Crippen LogP contribution in [-0.4, -0.2) is 5.91 Å². The number of para-hydroxylation sites is 1. The van der Waals surface area contributed by atoms with E-state index in [2.05, 4.69) is 44.7 Å². The van der Waals surface area contributed by atoms with E-state index in [9.17, 15) is 4.79 Å². The summed E-state index contributed by atoms with van der Waals surface area (Å²) in [6, 6.07) is 18.4. The van der Waals surface area contributed by atoms with Crippen molar-refractivity contribution in [3.63, 3.8) is 0 Å². The Morgan fingerprint density at radius 2 is 1.74 bits per heavy atom. The predicted molar refractivity (Wildman–Crippen MR) is 95.4 cm³/mol. The van der Waals surface area contributed by atoms with Gasteiger partial charge in [-0.3, -0.25) is 4.79 Å². The van der Waals surface area contributed by atoms with E-state index >= 15 is 0 Å². The molecule has 0 radical (unpaired) electrons. The molecule has 1 amide bonds. The Kier molecular flexibility index (Phi) is 4.08. The molecule has 2 nitrogen and oxygen atoms in total. The molecule has 1 heterocycles. The molecule has 2 aromatic rings. The van der Waals surface area contributed by atoms with Crippen LogP contribution in [-0.2, 0) is 16.8 Å². The number of anilines is 1. The Hall–Kier alpha value is -2.35. The maximum Gasteiger partial charge on any atom is 0.238 e. The lowest BCUT2D eigenvalue weighted by atomic mass is 9.70. The van der Waals surface area contributed by atoms with E-state index < -0.39 is 5.41 Å². The van der Waals surface area contributed by atoms with Crippen LogP contribution in [0, 0.1) is 5.92 Å². The van der Waals surface area contributed by atoms with Crippen molar-refractivity contribution in [3.8, 4) is 0 Å². The second-order valence-corrected chi connectivity index (χ2v) is 6.51. The molecule has 0 bridgehead atoms. The molecule has 3 rings (SSSR count). The molecule has 23 heavy (non-hydrogen) atoms. The number of carbonyl (C=O) groups excluding carboxylic acids is 1. The van der Waals surface area contributed by atoms with Gasteiger partial charge in [0.15, 0.2) is 0 Å². The molecule has 0 spiro atoms. The quantitative estimate of drug-likeness (QED) is 0.733. The normalized spacial score (nSPS) is 20.0. The molecule has 1 aliphatic heterocycles. The predicted octanol–water partition coefficient (Wildman–Crippen LogP) is 4.70. The topological polar surface area (TPSA) is 20.3 Å². The van der Waals surface area contributed by atoms with Crippen molar-refractivity contribution in [1.82, 2.24) is 0 Å². The van der Waals surface area contributed by atoms with Crippen molar-refractivity contribution in [2.24, 2.45) is 5.92 Å². The summed E-state index contributed by atoms with van der Waals surface area (Å²) in [5.74, 6) is 0.410. The van der Waals surface area contributed by atoms with E-state index in [1.165, 1.54) is 0 Å². The Labute approximate surface area is 138 Å². The summed E-state index contributed by atoms with van der Waals surface area (Å²) in [4.78, 5) is 15.3. The van der Waals surface area contributed by atoms with E-state index in [0.717, 1.165) is 16.8 Å². The molecule has 0 aromatic heterocycles. The maximum atomic E-state index is 13.4. The van der Waals surface area contributed by atoms with Crippen LogP contribution in [0.1, 0.15) is 31.4 Å². The third-order valence-electron chi connectivity index (χ3n) is 4.94. The van der Waals surface area contributed by atoms with Crippen molar-refractivity contribution in [2.45, 2.75) is 32.2 Å².